The molecule has 98 valence electrons. The zero-order valence-corrected chi connectivity index (χ0v) is 11.2. The number of rotatable bonds is 4. The SMILES string of the molecule is C1CCCN(C2CCC2CNC2CC2)CCC1. The molecular formula is C15H28N2. The van der Waals surface area contributed by atoms with E-state index in [-0.39, 0.29) is 0 Å². The van der Waals surface area contributed by atoms with Crippen LogP contribution in [0.2, 0.25) is 0 Å². The van der Waals surface area contributed by atoms with Crippen LogP contribution in [0.3, 0.4) is 0 Å². The number of likely N-dealkylation sites (tertiary alicyclic amines) is 1. The maximum atomic E-state index is 3.73. The highest BCUT2D eigenvalue weighted by molar-refractivity contribution is 4.92. The van der Waals surface area contributed by atoms with Crippen LogP contribution in [0.15, 0.2) is 0 Å². The van der Waals surface area contributed by atoms with Gasteiger partial charge in [-0.3, -0.25) is 0 Å². The lowest BCUT2D eigenvalue weighted by Gasteiger charge is -2.45. The minimum Gasteiger partial charge on any atom is -0.314 e. The van der Waals surface area contributed by atoms with E-state index in [2.05, 4.69) is 10.2 Å². The van der Waals surface area contributed by atoms with Gasteiger partial charge in [-0.2, -0.15) is 0 Å². The summed E-state index contributed by atoms with van der Waals surface area (Å²) in [6.07, 6.45) is 13.1. The van der Waals surface area contributed by atoms with Crippen molar-refractivity contribution in [1.82, 2.24) is 10.2 Å². The van der Waals surface area contributed by atoms with Gasteiger partial charge in [0.1, 0.15) is 0 Å². The largest absolute Gasteiger partial charge is 0.314 e. The highest BCUT2D eigenvalue weighted by atomic mass is 15.2. The van der Waals surface area contributed by atoms with Gasteiger partial charge in [0.15, 0.2) is 0 Å². The molecule has 0 aromatic rings. The Kier molecular flexibility index (Phi) is 4.02. The second kappa shape index (κ2) is 5.71. The zero-order valence-electron chi connectivity index (χ0n) is 11.2. The lowest BCUT2D eigenvalue weighted by atomic mass is 9.78. The summed E-state index contributed by atoms with van der Waals surface area (Å²) in [5.74, 6) is 0.968. The molecule has 0 aromatic heterocycles. The Morgan fingerprint density at radius 1 is 0.824 bits per heavy atom. The molecule has 2 unspecified atom stereocenters. The molecule has 2 saturated carbocycles. The Hall–Kier alpha value is -0.0800. The highest BCUT2D eigenvalue weighted by Crippen LogP contribution is 2.33. The Bertz CT molecular complexity index is 229. The van der Waals surface area contributed by atoms with Crippen molar-refractivity contribution in [2.45, 2.75) is 69.9 Å². The second-order valence-electron chi connectivity index (χ2n) is 6.39. The molecule has 2 atom stereocenters. The van der Waals surface area contributed by atoms with Crippen molar-refractivity contribution in [3.05, 3.63) is 0 Å². The van der Waals surface area contributed by atoms with Gasteiger partial charge in [0.05, 0.1) is 0 Å². The number of hydrogen-bond acceptors (Lipinski definition) is 2. The van der Waals surface area contributed by atoms with Crippen molar-refractivity contribution >= 4 is 0 Å². The van der Waals surface area contributed by atoms with E-state index < -0.39 is 0 Å². The van der Waals surface area contributed by atoms with Crippen LogP contribution in [-0.4, -0.2) is 36.6 Å². The van der Waals surface area contributed by atoms with Crippen LogP contribution in [0, 0.1) is 5.92 Å². The van der Waals surface area contributed by atoms with E-state index in [1.54, 1.807) is 0 Å². The first-order valence-electron chi connectivity index (χ1n) is 7.91. The summed E-state index contributed by atoms with van der Waals surface area (Å²) >= 11 is 0. The fraction of sp³-hybridized carbons (Fsp3) is 1.00. The van der Waals surface area contributed by atoms with Crippen LogP contribution in [0.5, 0.6) is 0 Å². The van der Waals surface area contributed by atoms with E-state index in [0.29, 0.717) is 0 Å². The van der Waals surface area contributed by atoms with Crippen LogP contribution in [0.4, 0.5) is 0 Å². The van der Waals surface area contributed by atoms with Crippen molar-refractivity contribution in [1.29, 1.82) is 0 Å². The van der Waals surface area contributed by atoms with Gasteiger partial charge in [0.25, 0.3) is 0 Å². The van der Waals surface area contributed by atoms with Gasteiger partial charge in [0, 0.05) is 12.1 Å². The lowest BCUT2D eigenvalue weighted by molar-refractivity contribution is 0.0551. The maximum Gasteiger partial charge on any atom is 0.0136 e. The monoisotopic (exact) mass is 236 g/mol. The van der Waals surface area contributed by atoms with Crippen molar-refractivity contribution in [2.24, 2.45) is 5.92 Å². The molecule has 3 rings (SSSR count). The molecule has 1 saturated heterocycles. The molecule has 1 heterocycles. The summed E-state index contributed by atoms with van der Waals surface area (Å²) in [6, 6.07) is 1.82. The molecule has 3 fully saturated rings. The van der Waals surface area contributed by atoms with Gasteiger partial charge in [-0.15, -0.1) is 0 Å². The minimum atomic E-state index is 0.892. The third-order valence-electron chi connectivity index (χ3n) is 4.98. The molecule has 0 amide bonds. The van der Waals surface area contributed by atoms with Crippen molar-refractivity contribution in [3.63, 3.8) is 0 Å². The van der Waals surface area contributed by atoms with Crippen LogP contribution < -0.4 is 5.32 Å². The summed E-state index contributed by atoms with van der Waals surface area (Å²) in [7, 11) is 0. The Morgan fingerprint density at radius 2 is 1.53 bits per heavy atom. The van der Waals surface area contributed by atoms with Gasteiger partial charge in [-0.1, -0.05) is 19.3 Å². The van der Waals surface area contributed by atoms with Crippen LogP contribution in [0.25, 0.3) is 0 Å². The molecule has 1 aliphatic heterocycles. The van der Waals surface area contributed by atoms with Gasteiger partial charge in [-0.25, -0.2) is 0 Å². The Labute approximate surface area is 106 Å². The van der Waals surface area contributed by atoms with E-state index in [9.17, 15) is 0 Å². The predicted octanol–water partition coefficient (Wildman–Crippen LogP) is 2.78. The molecule has 2 heteroatoms. The summed E-state index contributed by atoms with van der Waals surface area (Å²) in [5.41, 5.74) is 0. The van der Waals surface area contributed by atoms with Gasteiger partial charge in [-0.05, 0) is 64.1 Å². The van der Waals surface area contributed by atoms with Crippen molar-refractivity contribution < 1.29 is 0 Å². The maximum absolute atomic E-state index is 3.73. The second-order valence-corrected chi connectivity index (χ2v) is 6.39. The highest BCUT2D eigenvalue weighted by Gasteiger charge is 2.35. The average Bonchev–Trinajstić information content (AvgIpc) is 3.04. The minimum absolute atomic E-state index is 0.892. The lowest BCUT2D eigenvalue weighted by Crippen LogP contribution is -2.51. The van der Waals surface area contributed by atoms with Crippen molar-refractivity contribution in [2.75, 3.05) is 19.6 Å². The Morgan fingerprint density at radius 3 is 2.12 bits per heavy atom. The average molecular weight is 236 g/mol. The smallest absolute Gasteiger partial charge is 0.0136 e. The predicted molar refractivity (Wildman–Crippen MR) is 72.2 cm³/mol. The fourth-order valence-electron chi connectivity index (χ4n) is 3.48. The summed E-state index contributed by atoms with van der Waals surface area (Å²) in [6.45, 7) is 4.06. The van der Waals surface area contributed by atoms with Crippen LogP contribution >= 0.6 is 0 Å². The van der Waals surface area contributed by atoms with E-state index in [1.165, 1.54) is 77.4 Å². The molecule has 0 spiro atoms. The number of hydrogen-bond donors (Lipinski definition) is 1. The topological polar surface area (TPSA) is 15.3 Å². The summed E-state index contributed by atoms with van der Waals surface area (Å²) in [4.78, 5) is 2.82. The van der Waals surface area contributed by atoms with Gasteiger partial charge < -0.3 is 10.2 Å². The Balaban J connectivity index is 1.44. The van der Waals surface area contributed by atoms with E-state index >= 15 is 0 Å². The molecule has 0 bridgehead atoms. The van der Waals surface area contributed by atoms with E-state index in [0.717, 1.165) is 18.0 Å². The van der Waals surface area contributed by atoms with E-state index in [1.807, 2.05) is 0 Å². The number of nitrogens with zero attached hydrogens (tertiary/aromatic N) is 1. The van der Waals surface area contributed by atoms with E-state index in [4.69, 9.17) is 0 Å². The summed E-state index contributed by atoms with van der Waals surface area (Å²) in [5, 5.41) is 3.73. The fourth-order valence-corrected chi connectivity index (χ4v) is 3.48. The number of nitrogens with one attached hydrogen (secondary N) is 1. The molecule has 3 aliphatic rings. The molecule has 1 N–H and O–H groups in total. The first-order valence-corrected chi connectivity index (χ1v) is 7.91. The first-order chi connectivity index (χ1) is 8.43. The molecule has 2 nitrogen and oxygen atoms in total. The van der Waals surface area contributed by atoms with Crippen molar-refractivity contribution in [3.8, 4) is 0 Å². The standard InChI is InChI=1S/C15H28N2/c1-2-4-10-17(11-5-3-1)15-9-6-13(15)12-16-14-7-8-14/h13-16H,1-12H2. The molecule has 0 radical (unpaired) electrons. The third-order valence-corrected chi connectivity index (χ3v) is 4.98. The first kappa shape index (κ1) is 12.0. The van der Waals surface area contributed by atoms with Crippen LogP contribution in [0.1, 0.15) is 57.8 Å². The quantitative estimate of drug-likeness (QED) is 0.807. The molecular weight excluding hydrogens is 208 g/mol. The molecule has 0 aromatic carbocycles. The zero-order chi connectivity index (χ0) is 11.5. The van der Waals surface area contributed by atoms with Gasteiger partial charge in [0.2, 0.25) is 0 Å². The normalized spacial score (nSPS) is 36.0. The molecule has 17 heavy (non-hydrogen) atoms. The molecule has 2 aliphatic carbocycles. The van der Waals surface area contributed by atoms with Crippen LogP contribution in [-0.2, 0) is 0 Å². The summed E-state index contributed by atoms with van der Waals surface area (Å²) < 4.78 is 0. The third kappa shape index (κ3) is 3.23. The van der Waals surface area contributed by atoms with Gasteiger partial charge >= 0.3 is 0 Å².